The van der Waals surface area contributed by atoms with E-state index >= 15 is 0 Å². The van der Waals surface area contributed by atoms with Gasteiger partial charge in [-0.15, -0.1) is 0 Å². The minimum Gasteiger partial charge on any atom is -0.382 e. The van der Waals surface area contributed by atoms with Crippen LogP contribution in [-0.4, -0.2) is 49.0 Å². The SMILES string of the molecule is CNc1c(C(=O)NC2CCN(C)CC2)cccc1[N+](=O)[O-]. The summed E-state index contributed by atoms with van der Waals surface area (Å²) in [5.74, 6) is -0.266. The third kappa shape index (κ3) is 3.49. The molecule has 0 aliphatic carbocycles. The molecule has 2 N–H and O–H groups in total. The number of likely N-dealkylation sites (tertiary alicyclic amines) is 1. The van der Waals surface area contributed by atoms with Gasteiger partial charge in [-0.05, 0) is 39.0 Å². The molecule has 1 aromatic rings. The maximum Gasteiger partial charge on any atom is 0.293 e. The first-order valence-electron chi connectivity index (χ1n) is 6.97. The predicted octanol–water partition coefficient (Wildman–Crippen LogP) is 1.46. The van der Waals surface area contributed by atoms with E-state index in [4.69, 9.17) is 0 Å². The molecule has 2 rings (SSSR count). The minimum absolute atomic E-state index is 0.0893. The van der Waals surface area contributed by atoms with Crippen LogP contribution in [0.25, 0.3) is 0 Å². The number of rotatable bonds is 4. The molecule has 0 saturated carbocycles. The van der Waals surface area contributed by atoms with Gasteiger partial charge in [0.25, 0.3) is 11.6 Å². The Balaban J connectivity index is 2.15. The van der Waals surface area contributed by atoms with Crippen LogP contribution in [0.1, 0.15) is 23.2 Å². The third-order valence-corrected chi connectivity index (χ3v) is 3.79. The van der Waals surface area contributed by atoms with Gasteiger partial charge in [0.2, 0.25) is 0 Å². The average molecular weight is 292 g/mol. The van der Waals surface area contributed by atoms with Gasteiger partial charge in [0, 0.05) is 19.2 Å². The summed E-state index contributed by atoms with van der Waals surface area (Å²) in [5.41, 5.74) is 0.479. The van der Waals surface area contributed by atoms with Crippen LogP contribution in [-0.2, 0) is 0 Å². The third-order valence-electron chi connectivity index (χ3n) is 3.79. The molecule has 1 fully saturated rings. The second-order valence-electron chi connectivity index (χ2n) is 5.26. The number of para-hydroxylation sites is 1. The second kappa shape index (κ2) is 6.53. The van der Waals surface area contributed by atoms with Gasteiger partial charge in [0.05, 0.1) is 10.5 Å². The highest BCUT2D eigenvalue weighted by atomic mass is 16.6. The molecular formula is C14H20N4O3. The quantitative estimate of drug-likeness (QED) is 0.648. The molecule has 7 heteroatoms. The summed E-state index contributed by atoms with van der Waals surface area (Å²) < 4.78 is 0. The Bertz CT molecular complexity index is 539. The van der Waals surface area contributed by atoms with Crippen molar-refractivity contribution in [2.24, 2.45) is 0 Å². The van der Waals surface area contributed by atoms with Gasteiger partial charge >= 0.3 is 0 Å². The molecule has 1 aliphatic rings. The Morgan fingerprint density at radius 2 is 2.05 bits per heavy atom. The number of carbonyl (C=O) groups is 1. The Labute approximate surface area is 123 Å². The summed E-state index contributed by atoms with van der Waals surface area (Å²) >= 11 is 0. The fourth-order valence-electron chi connectivity index (χ4n) is 2.56. The summed E-state index contributed by atoms with van der Waals surface area (Å²) in [5, 5.41) is 16.7. The maximum atomic E-state index is 12.4. The first-order chi connectivity index (χ1) is 10.0. The van der Waals surface area contributed by atoms with Crippen molar-refractivity contribution in [3.63, 3.8) is 0 Å². The number of piperidine rings is 1. The maximum absolute atomic E-state index is 12.4. The zero-order chi connectivity index (χ0) is 15.4. The van der Waals surface area contributed by atoms with Crippen molar-refractivity contribution in [3.8, 4) is 0 Å². The lowest BCUT2D eigenvalue weighted by Crippen LogP contribution is -2.43. The normalized spacial score (nSPS) is 16.5. The van der Waals surface area contributed by atoms with E-state index in [1.54, 1.807) is 13.1 Å². The number of benzene rings is 1. The molecule has 1 aliphatic heterocycles. The van der Waals surface area contributed by atoms with Crippen molar-refractivity contribution in [2.45, 2.75) is 18.9 Å². The molecule has 114 valence electrons. The number of carbonyl (C=O) groups excluding carboxylic acids is 1. The summed E-state index contributed by atoms with van der Waals surface area (Å²) in [6.07, 6.45) is 1.79. The summed E-state index contributed by atoms with van der Waals surface area (Å²) in [4.78, 5) is 25.1. The van der Waals surface area contributed by atoms with E-state index in [9.17, 15) is 14.9 Å². The van der Waals surface area contributed by atoms with Crippen LogP contribution >= 0.6 is 0 Å². The molecule has 0 spiro atoms. The summed E-state index contributed by atoms with van der Waals surface area (Å²) in [7, 11) is 3.63. The number of amides is 1. The highest BCUT2D eigenvalue weighted by molar-refractivity contribution is 6.01. The van der Waals surface area contributed by atoms with Gasteiger partial charge in [0.1, 0.15) is 5.69 Å². The number of hydrogen-bond donors (Lipinski definition) is 2. The van der Waals surface area contributed by atoms with Crippen molar-refractivity contribution in [2.75, 3.05) is 32.5 Å². The number of nitro benzene ring substituents is 1. The second-order valence-corrected chi connectivity index (χ2v) is 5.26. The molecule has 1 heterocycles. The van der Waals surface area contributed by atoms with Gasteiger partial charge in [-0.1, -0.05) is 6.07 Å². The van der Waals surface area contributed by atoms with Crippen LogP contribution in [0, 0.1) is 10.1 Å². The number of anilines is 1. The number of hydrogen-bond acceptors (Lipinski definition) is 5. The van der Waals surface area contributed by atoms with Crippen LogP contribution in [0.4, 0.5) is 11.4 Å². The lowest BCUT2D eigenvalue weighted by molar-refractivity contribution is -0.384. The number of nitrogens with zero attached hydrogens (tertiary/aromatic N) is 2. The molecule has 0 aromatic heterocycles. The van der Waals surface area contributed by atoms with Crippen molar-refractivity contribution in [1.82, 2.24) is 10.2 Å². The van der Waals surface area contributed by atoms with Crippen LogP contribution in [0.5, 0.6) is 0 Å². The zero-order valence-corrected chi connectivity index (χ0v) is 12.3. The van der Waals surface area contributed by atoms with Gasteiger partial charge in [-0.2, -0.15) is 0 Å². The monoisotopic (exact) mass is 292 g/mol. The van der Waals surface area contributed by atoms with Crippen molar-refractivity contribution in [3.05, 3.63) is 33.9 Å². The zero-order valence-electron chi connectivity index (χ0n) is 12.3. The minimum atomic E-state index is -0.488. The van der Waals surface area contributed by atoms with Gasteiger partial charge in [0.15, 0.2) is 0 Å². The topological polar surface area (TPSA) is 87.5 Å². The fraction of sp³-hybridized carbons (Fsp3) is 0.500. The predicted molar refractivity (Wildman–Crippen MR) is 80.6 cm³/mol. The number of nitro groups is 1. The van der Waals surface area contributed by atoms with Crippen molar-refractivity contribution in [1.29, 1.82) is 0 Å². The molecule has 1 aromatic carbocycles. The van der Waals surface area contributed by atoms with Gasteiger partial charge in [-0.25, -0.2) is 0 Å². The molecular weight excluding hydrogens is 272 g/mol. The van der Waals surface area contributed by atoms with E-state index in [-0.39, 0.29) is 23.3 Å². The van der Waals surface area contributed by atoms with Crippen molar-refractivity contribution >= 4 is 17.3 Å². The number of nitrogens with one attached hydrogen (secondary N) is 2. The first-order valence-corrected chi connectivity index (χ1v) is 6.97. The lowest BCUT2D eigenvalue weighted by Gasteiger charge is -2.29. The highest BCUT2D eigenvalue weighted by Crippen LogP contribution is 2.27. The lowest BCUT2D eigenvalue weighted by atomic mass is 10.0. The van der Waals surface area contributed by atoms with E-state index in [1.807, 2.05) is 0 Å². The van der Waals surface area contributed by atoms with Crippen LogP contribution < -0.4 is 10.6 Å². The molecule has 0 radical (unpaired) electrons. The first kappa shape index (κ1) is 15.2. The molecule has 1 amide bonds. The molecule has 0 bridgehead atoms. The van der Waals surface area contributed by atoms with Crippen molar-refractivity contribution < 1.29 is 9.72 Å². The standard InChI is InChI=1S/C14H20N4O3/c1-15-13-11(4-3-5-12(13)18(20)21)14(19)16-10-6-8-17(2)9-7-10/h3-5,10,15H,6-9H2,1-2H3,(H,16,19). The van der Waals surface area contributed by atoms with E-state index in [0.717, 1.165) is 25.9 Å². The molecule has 7 nitrogen and oxygen atoms in total. The Morgan fingerprint density at radius 1 is 1.38 bits per heavy atom. The smallest absolute Gasteiger partial charge is 0.293 e. The van der Waals surface area contributed by atoms with Gasteiger partial charge in [-0.3, -0.25) is 14.9 Å². The van der Waals surface area contributed by atoms with E-state index < -0.39 is 4.92 Å². The molecule has 1 saturated heterocycles. The van der Waals surface area contributed by atoms with E-state index in [1.165, 1.54) is 12.1 Å². The fourth-order valence-corrected chi connectivity index (χ4v) is 2.56. The highest BCUT2D eigenvalue weighted by Gasteiger charge is 2.23. The summed E-state index contributed by atoms with van der Waals surface area (Å²) in [6.45, 7) is 1.89. The molecule has 0 unspecified atom stereocenters. The molecule has 0 atom stereocenters. The Morgan fingerprint density at radius 3 is 2.62 bits per heavy atom. The van der Waals surface area contributed by atoms with E-state index in [0.29, 0.717) is 5.56 Å². The Kier molecular flexibility index (Phi) is 4.74. The van der Waals surface area contributed by atoms with Gasteiger partial charge < -0.3 is 15.5 Å². The molecule has 21 heavy (non-hydrogen) atoms. The summed E-state index contributed by atoms with van der Waals surface area (Å²) in [6, 6.07) is 4.64. The largest absolute Gasteiger partial charge is 0.382 e. The Hall–Kier alpha value is -2.15. The average Bonchev–Trinajstić information content (AvgIpc) is 2.48. The van der Waals surface area contributed by atoms with Crippen LogP contribution in [0.15, 0.2) is 18.2 Å². The van der Waals surface area contributed by atoms with Crippen LogP contribution in [0.3, 0.4) is 0 Å². The van der Waals surface area contributed by atoms with E-state index in [2.05, 4.69) is 22.6 Å². The van der Waals surface area contributed by atoms with Crippen LogP contribution in [0.2, 0.25) is 0 Å².